The maximum atomic E-state index is 12.3. The molecule has 6 atom stereocenters. The second-order valence-electron chi connectivity index (χ2n) is 8.52. The van der Waals surface area contributed by atoms with Gasteiger partial charge in [-0.1, -0.05) is 25.5 Å². The van der Waals surface area contributed by atoms with Gasteiger partial charge in [-0.15, -0.1) is 0 Å². The van der Waals surface area contributed by atoms with Crippen LogP contribution in [0.1, 0.15) is 66.2 Å². The van der Waals surface area contributed by atoms with E-state index >= 15 is 0 Å². The molecule has 1 saturated heterocycles. The number of ether oxygens (including phenoxy) is 1. The number of Topliss-reactive ketones (excluding diaryl/α,β-unsaturated/α-hetero) is 1. The van der Waals surface area contributed by atoms with E-state index in [-0.39, 0.29) is 29.3 Å². The molecule has 3 nitrogen and oxygen atoms in total. The minimum absolute atomic E-state index is 0.0218. The summed E-state index contributed by atoms with van der Waals surface area (Å²) in [5.41, 5.74) is 1.54. The summed E-state index contributed by atoms with van der Waals surface area (Å²) in [6, 6.07) is 0. The Morgan fingerprint density at radius 3 is 2.83 bits per heavy atom. The Morgan fingerprint density at radius 2 is 2.13 bits per heavy atom. The molecule has 3 fully saturated rings. The first kappa shape index (κ1) is 16.7. The first-order valence-electron chi connectivity index (χ1n) is 9.18. The van der Waals surface area contributed by atoms with Crippen molar-refractivity contribution in [3.63, 3.8) is 0 Å². The van der Waals surface area contributed by atoms with Crippen LogP contribution in [0.3, 0.4) is 0 Å². The summed E-state index contributed by atoms with van der Waals surface area (Å²) < 4.78 is 5.68. The molecule has 0 aromatic carbocycles. The fourth-order valence-corrected chi connectivity index (χ4v) is 5.66. The molecule has 3 aliphatic rings. The lowest BCUT2D eigenvalue weighted by molar-refractivity contribution is -0.171. The smallest absolute Gasteiger partial charge is 0.306 e. The van der Waals surface area contributed by atoms with E-state index in [0.717, 1.165) is 19.3 Å². The summed E-state index contributed by atoms with van der Waals surface area (Å²) in [4.78, 5) is 24.2. The molecule has 3 rings (SSSR count). The van der Waals surface area contributed by atoms with Crippen LogP contribution in [0.25, 0.3) is 0 Å². The molecule has 0 radical (unpaired) electrons. The highest BCUT2D eigenvalue weighted by molar-refractivity contribution is 5.87. The van der Waals surface area contributed by atoms with Crippen molar-refractivity contribution in [2.75, 3.05) is 0 Å². The zero-order valence-corrected chi connectivity index (χ0v) is 14.9. The maximum Gasteiger partial charge on any atom is 0.306 e. The standard InChI is InChI=1S/C20H30O3/c1-12(2)6-5-7-13(3)15-11-17-19-14(10-18(22)23-17)16(21)8-9-20(15,19)4/h6,13-15,17,19H,5,7-11H2,1-4H3/t13-,14+,15+,17+,19-,20+/m0/s1. The number of allylic oxidation sites excluding steroid dienone is 2. The minimum atomic E-state index is -0.160. The average molecular weight is 318 g/mol. The highest BCUT2D eigenvalue weighted by Crippen LogP contribution is 2.61. The number of esters is 1. The van der Waals surface area contributed by atoms with Gasteiger partial charge in [0.1, 0.15) is 11.9 Å². The predicted molar refractivity (Wildman–Crippen MR) is 89.8 cm³/mol. The molecule has 1 heterocycles. The van der Waals surface area contributed by atoms with Crippen molar-refractivity contribution in [1.82, 2.24) is 0 Å². The van der Waals surface area contributed by atoms with Crippen molar-refractivity contribution in [2.45, 2.75) is 72.3 Å². The first-order valence-corrected chi connectivity index (χ1v) is 9.18. The summed E-state index contributed by atoms with van der Waals surface area (Å²) in [6.45, 7) is 9.00. The van der Waals surface area contributed by atoms with Crippen LogP contribution in [0.4, 0.5) is 0 Å². The first-order chi connectivity index (χ1) is 10.8. The number of carbonyl (C=O) groups is 2. The van der Waals surface area contributed by atoms with Crippen molar-refractivity contribution < 1.29 is 14.3 Å². The van der Waals surface area contributed by atoms with Crippen LogP contribution < -0.4 is 0 Å². The van der Waals surface area contributed by atoms with E-state index in [1.807, 2.05) is 0 Å². The van der Waals surface area contributed by atoms with Gasteiger partial charge in [-0.3, -0.25) is 9.59 Å². The highest BCUT2D eigenvalue weighted by Gasteiger charge is 2.62. The average Bonchev–Trinajstić information content (AvgIpc) is 2.76. The van der Waals surface area contributed by atoms with E-state index in [0.29, 0.717) is 30.5 Å². The van der Waals surface area contributed by atoms with Crippen LogP contribution in [-0.2, 0) is 14.3 Å². The summed E-state index contributed by atoms with van der Waals surface area (Å²) in [6.07, 6.45) is 7.47. The molecule has 2 aliphatic carbocycles. The van der Waals surface area contributed by atoms with E-state index < -0.39 is 0 Å². The molecule has 0 bridgehead atoms. The van der Waals surface area contributed by atoms with E-state index in [4.69, 9.17) is 4.74 Å². The largest absolute Gasteiger partial charge is 0.462 e. The fourth-order valence-electron chi connectivity index (χ4n) is 5.66. The van der Waals surface area contributed by atoms with Crippen LogP contribution in [0, 0.1) is 29.1 Å². The topological polar surface area (TPSA) is 43.4 Å². The van der Waals surface area contributed by atoms with E-state index in [9.17, 15) is 9.59 Å². The quantitative estimate of drug-likeness (QED) is 0.573. The highest BCUT2D eigenvalue weighted by atomic mass is 16.5. The molecule has 1 aliphatic heterocycles. The Labute approximate surface area is 139 Å². The van der Waals surface area contributed by atoms with Crippen LogP contribution in [-0.4, -0.2) is 17.9 Å². The third kappa shape index (κ3) is 2.88. The Bertz CT molecular complexity index is 531. The van der Waals surface area contributed by atoms with Crippen LogP contribution in [0.2, 0.25) is 0 Å². The zero-order chi connectivity index (χ0) is 16.8. The Kier molecular flexibility index (Phi) is 4.41. The molecular weight excluding hydrogens is 288 g/mol. The SMILES string of the molecule is CC(C)=CCC[C@H](C)[C@H]1C[C@H]2OC(=O)C[C@@H]3C(=O)CC[C@@]1(C)[C@@H]32. The molecule has 0 aromatic heterocycles. The van der Waals surface area contributed by atoms with Gasteiger partial charge >= 0.3 is 5.97 Å². The van der Waals surface area contributed by atoms with Crippen LogP contribution in [0.5, 0.6) is 0 Å². The predicted octanol–water partition coefficient (Wildman–Crippen LogP) is 4.31. The number of hydrogen-bond acceptors (Lipinski definition) is 3. The summed E-state index contributed by atoms with van der Waals surface area (Å²) >= 11 is 0. The number of hydrogen-bond donors (Lipinski definition) is 0. The minimum Gasteiger partial charge on any atom is -0.462 e. The molecule has 3 heteroatoms. The Morgan fingerprint density at radius 1 is 1.39 bits per heavy atom. The Balaban J connectivity index is 1.80. The third-order valence-electron chi connectivity index (χ3n) is 6.78. The molecule has 2 saturated carbocycles. The number of rotatable bonds is 4. The molecular formula is C20H30O3. The van der Waals surface area contributed by atoms with Crippen molar-refractivity contribution >= 4 is 11.8 Å². The number of ketones is 1. The summed E-state index contributed by atoms with van der Waals surface area (Å²) in [5.74, 6) is 1.49. The van der Waals surface area contributed by atoms with Crippen LogP contribution in [0.15, 0.2) is 11.6 Å². The van der Waals surface area contributed by atoms with Gasteiger partial charge in [-0.2, -0.15) is 0 Å². The van der Waals surface area contributed by atoms with E-state index in [1.54, 1.807) is 0 Å². The van der Waals surface area contributed by atoms with Gasteiger partial charge in [0.25, 0.3) is 0 Å². The fraction of sp³-hybridized carbons (Fsp3) is 0.800. The monoisotopic (exact) mass is 318 g/mol. The lowest BCUT2D eigenvalue weighted by Gasteiger charge is -2.47. The van der Waals surface area contributed by atoms with Gasteiger partial charge in [0.2, 0.25) is 0 Å². The molecule has 0 amide bonds. The van der Waals surface area contributed by atoms with Crippen LogP contribution >= 0.6 is 0 Å². The van der Waals surface area contributed by atoms with E-state index in [2.05, 4.69) is 33.8 Å². The molecule has 0 N–H and O–H groups in total. The normalized spacial score (nSPS) is 40.3. The molecule has 0 aromatic rings. The summed E-state index contributed by atoms with van der Waals surface area (Å²) in [5, 5.41) is 0. The summed E-state index contributed by atoms with van der Waals surface area (Å²) in [7, 11) is 0. The molecule has 23 heavy (non-hydrogen) atoms. The number of carbonyl (C=O) groups excluding carboxylic acids is 2. The second kappa shape index (κ2) is 6.07. The van der Waals surface area contributed by atoms with E-state index in [1.165, 1.54) is 12.0 Å². The lowest BCUT2D eigenvalue weighted by atomic mass is 9.57. The maximum absolute atomic E-state index is 12.3. The van der Waals surface area contributed by atoms with Crippen molar-refractivity contribution in [3.05, 3.63) is 11.6 Å². The van der Waals surface area contributed by atoms with Crippen molar-refractivity contribution in [2.24, 2.45) is 29.1 Å². The van der Waals surface area contributed by atoms with Gasteiger partial charge in [0, 0.05) is 18.3 Å². The zero-order valence-electron chi connectivity index (χ0n) is 14.9. The third-order valence-corrected chi connectivity index (χ3v) is 6.78. The molecule has 128 valence electrons. The molecule has 0 unspecified atom stereocenters. The Hall–Kier alpha value is -1.12. The van der Waals surface area contributed by atoms with Gasteiger partial charge in [0.15, 0.2) is 0 Å². The van der Waals surface area contributed by atoms with Gasteiger partial charge in [-0.25, -0.2) is 0 Å². The second-order valence-corrected chi connectivity index (χ2v) is 8.52. The van der Waals surface area contributed by atoms with Gasteiger partial charge in [-0.05, 0) is 56.8 Å². The van der Waals surface area contributed by atoms with Gasteiger partial charge in [0.05, 0.1) is 6.42 Å². The molecule has 0 spiro atoms. The lowest BCUT2D eigenvalue weighted by Crippen LogP contribution is -2.49. The van der Waals surface area contributed by atoms with Crippen molar-refractivity contribution in [1.29, 1.82) is 0 Å². The van der Waals surface area contributed by atoms with Gasteiger partial charge < -0.3 is 4.74 Å². The van der Waals surface area contributed by atoms with Crippen molar-refractivity contribution in [3.8, 4) is 0 Å².